The van der Waals surface area contributed by atoms with Crippen LogP contribution in [0.25, 0.3) is 11.1 Å². The molecule has 1 aromatic carbocycles. The van der Waals surface area contributed by atoms with Gasteiger partial charge in [-0.15, -0.1) is 0 Å². The molecule has 0 radical (unpaired) electrons. The van der Waals surface area contributed by atoms with Crippen molar-refractivity contribution in [2.75, 3.05) is 0 Å². The quantitative estimate of drug-likeness (QED) is 0.814. The predicted octanol–water partition coefficient (Wildman–Crippen LogP) is 2.81. The first-order valence-electron chi connectivity index (χ1n) is 4.82. The van der Waals surface area contributed by atoms with Crippen molar-refractivity contribution in [2.45, 2.75) is 19.5 Å². The lowest BCUT2D eigenvalue weighted by molar-refractivity contribution is -0.170. The molecule has 0 saturated heterocycles. The van der Waals surface area contributed by atoms with Gasteiger partial charge in [-0.25, -0.2) is 4.98 Å². The number of hydrogen-bond acceptors (Lipinski definition) is 3. The maximum atomic E-state index is 12.1. The molecule has 0 aliphatic rings. The molecular weight excluding hydrogens is 235 g/mol. The molecule has 0 unspecified atom stereocenters. The fraction of sp³-hybridized carbons (Fsp3) is 0.273. The first-order valence-corrected chi connectivity index (χ1v) is 4.82. The zero-order chi connectivity index (χ0) is 12.6. The highest BCUT2D eigenvalue weighted by Crippen LogP contribution is 2.21. The lowest BCUT2D eigenvalue weighted by Crippen LogP contribution is -2.24. The largest absolute Gasteiger partial charge is 0.450 e. The Labute approximate surface area is 94.2 Å². The highest BCUT2D eigenvalue weighted by atomic mass is 19.4. The minimum atomic E-state index is -4.80. The van der Waals surface area contributed by atoms with Gasteiger partial charge in [0.15, 0.2) is 11.5 Å². The molecule has 0 aliphatic heterocycles. The van der Waals surface area contributed by atoms with Crippen LogP contribution in [0.1, 0.15) is 11.5 Å². The molecule has 0 saturated carbocycles. The summed E-state index contributed by atoms with van der Waals surface area (Å²) in [5.41, 5.74) is 1.21. The molecule has 0 aliphatic carbocycles. The Morgan fingerprint density at radius 2 is 2.12 bits per heavy atom. The van der Waals surface area contributed by atoms with E-state index in [0.29, 0.717) is 17.0 Å². The summed E-state index contributed by atoms with van der Waals surface area (Å²) in [4.78, 5) is 14.8. The number of aromatic nitrogens is 1. The third-order valence-electron chi connectivity index (χ3n) is 2.24. The van der Waals surface area contributed by atoms with Crippen molar-refractivity contribution in [2.24, 2.45) is 0 Å². The van der Waals surface area contributed by atoms with Crippen molar-refractivity contribution in [3.63, 3.8) is 0 Å². The van der Waals surface area contributed by atoms with Gasteiger partial charge in [0.1, 0.15) is 5.52 Å². The molecule has 0 fully saturated rings. The molecule has 2 aromatic rings. The number of ketones is 1. The summed E-state index contributed by atoms with van der Waals surface area (Å²) >= 11 is 0. The van der Waals surface area contributed by atoms with E-state index in [9.17, 15) is 18.0 Å². The second kappa shape index (κ2) is 3.87. The highest BCUT2D eigenvalue weighted by molar-refractivity contribution is 5.87. The molecule has 6 heteroatoms. The minimum absolute atomic E-state index is 0.260. The Morgan fingerprint density at radius 3 is 2.76 bits per heavy atom. The van der Waals surface area contributed by atoms with Crippen molar-refractivity contribution in [3.05, 3.63) is 29.7 Å². The fourth-order valence-corrected chi connectivity index (χ4v) is 1.48. The van der Waals surface area contributed by atoms with Crippen LogP contribution in [0.15, 0.2) is 22.6 Å². The van der Waals surface area contributed by atoms with Crippen LogP contribution in [0.2, 0.25) is 0 Å². The number of oxazole rings is 1. The van der Waals surface area contributed by atoms with Crippen LogP contribution in [0.5, 0.6) is 0 Å². The van der Waals surface area contributed by atoms with E-state index in [1.165, 1.54) is 18.2 Å². The van der Waals surface area contributed by atoms with Crippen LogP contribution < -0.4 is 0 Å². The Kier molecular flexibility index (Phi) is 2.65. The van der Waals surface area contributed by atoms with E-state index in [-0.39, 0.29) is 5.56 Å². The topological polar surface area (TPSA) is 43.1 Å². The van der Waals surface area contributed by atoms with Gasteiger partial charge in [0, 0.05) is 13.3 Å². The maximum Gasteiger partial charge on any atom is 0.450 e. The van der Waals surface area contributed by atoms with Gasteiger partial charge < -0.3 is 4.42 Å². The van der Waals surface area contributed by atoms with E-state index < -0.39 is 18.4 Å². The number of aryl methyl sites for hydroxylation is 1. The molecular formula is C11H8F3NO2. The van der Waals surface area contributed by atoms with Crippen molar-refractivity contribution in [3.8, 4) is 0 Å². The first kappa shape index (κ1) is 11.6. The number of Topliss-reactive ketones (excluding diaryl/α,β-unsaturated/α-hetero) is 1. The zero-order valence-electron chi connectivity index (χ0n) is 8.84. The Hall–Kier alpha value is -1.85. The molecule has 0 amide bonds. The van der Waals surface area contributed by atoms with Crippen LogP contribution >= 0.6 is 0 Å². The van der Waals surface area contributed by atoms with E-state index in [0.717, 1.165) is 0 Å². The minimum Gasteiger partial charge on any atom is -0.441 e. The number of carbonyl (C=O) groups excluding carboxylic acids is 1. The number of carbonyl (C=O) groups is 1. The Bertz CT molecular complexity index is 572. The van der Waals surface area contributed by atoms with Crippen LogP contribution in [0, 0.1) is 6.92 Å². The van der Waals surface area contributed by atoms with Gasteiger partial charge in [-0.3, -0.25) is 4.79 Å². The Balaban J connectivity index is 2.28. The lowest BCUT2D eigenvalue weighted by atomic mass is 10.1. The third kappa shape index (κ3) is 2.46. The summed E-state index contributed by atoms with van der Waals surface area (Å²) in [7, 11) is 0. The number of hydrogen-bond donors (Lipinski definition) is 0. The smallest absolute Gasteiger partial charge is 0.441 e. The second-order valence-corrected chi connectivity index (χ2v) is 3.63. The molecule has 0 atom stereocenters. The fourth-order valence-electron chi connectivity index (χ4n) is 1.48. The number of benzene rings is 1. The van der Waals surface area contributed by atoms with Gasteiger partial charge in [0.2, 0.25) is 5.78 Å². The number of halogens is 3. The second-order valence-electron chi connectivity index (χ2n) is 3.63. The first-order chi connectivity index (χ1) is 7.86. The molecule has 0 N–H and O–H groups in total. The van der Waals surface area contributed by atoms with E-state index in [4.69, 9.17) is 4.42 Å². The normalized spacial score (nSPS) is 12.0. The monoisotopic (exact) mass is 243 g/mol. The molecule has 90 valence electrons. The summed E-state index contributed by atoms with van der Waals surface area (Å²) < 4.78 is 41.4. The average molecular weight is 243 g/mol. The summed E-state index contributed by atoms with van der Waals surface area (Å²) in [5, 5.41) is 0. The molecule has 3 nitrogen and oxygen atoms in total. The van der Waals surface area contributed by atoms with Gasteiger partial charge in [-0.1, -0.05) is 6.07 Å². The van der Waals surface area contributed by atoms with Crippen molar-refractivity contribution < 1.29 is 22.4 Å². The standard InChI is InChI=1S/C11H8F3NO2/c1-6-15-8-3-2-7(4-9(8)17-6)5-10(16)11(12,13)14/h2-4H,5H2,1H3. The molecule has 1 aromatic heterocycles. The summed E-state index contributed by atoms with van der Waals surface area (Å²) in [6, 6.07) is 4.37. The van der Waals surface area contributed by atoms with Crippen LogP contribution in [-0.4, -0.2) is 16.9 Å². The van der Waals surface area contributed by atoms with E-state index >= 15 is 0 Å². The summed E-state index contributed by atoms with van der Waals surface area (Å²) in [6.45, 7) is 1.64. The zero-order valence-corrected chi connectivity index (χ0v) is 8.84. The van der Waals surface area contributed by atoms with E-state index in [1.54, 1.807) is 6.92 Å². The summed E-state index contributed by atoms with van der Waals surface area (Å²) in [5.74, 6) is -1.34. The van der Waals surface area contributed by atoms with Gasteiger partial charge in [0.05, 0.1) is 0 Å². The van der Waals surface area contributed by atoms with Gasteiger partial charge in [-0.2, -0.15) is 13.2 Å². The predicted molar refractivity (Wildman–Crippen MR) is 53.5 cm³/mol. The third-order valence-corrected chi connectivity index (χ3v) is 2.24. The Morgan fingerprint density at radius 1 is 1.41 bits per heavy atom. The number of rotatable bonds is 2. The molecule has 0 spiro atoms. The molecule has 0 bridgehead atoms. The van der Waals surface area contributed by atoms with Gasteiger partial charge in [-0.05, 0) is 17.7 Å². The van der Waals surface area contributed by atoms with Gasteiger partial charge in [0.25, 0.3) is 0 Å². The molecule has 1 heterocycles. The van der Waals surface area contributed by atoms with Crippen LogP contribution in [0.3, 0.4) is 0 Å². The summed E-state index contributed by atoms with van der Waals surface area (Å²) in [6.07, 6.45) is -5.48. The number of fused-ring (bicyclic) bond motifs is 1. The van der Waals surface area contributed by atoms with Crippen LogP contribution in [0.4, 0.5) is 13.2 Å². The average Bonchev–Trinajstić information content (AvgIpc) is 2.55. The maximum absolute atomic E-state index is 12.1. The van der Waals surface area contributed by atoms with Crippen molar-refractivity contribution in [1.29, 1.82) is 0 Å². The van der Waals surface area contributed by atoms with Crippen molar-refractivity contribution >= 4 is 16.9 Å². The number of nitrogens with zero attached hydrogens (tertiary/aromatic N) is 1. The van der Waals surface area contributed by atoms with Gasteiger partial charge >= 0.3 is 6.18 Å². The molecule has 2 rings (SSSR count). The van der Waals surface area contributed by atoms with Crippen LogP contribution in [-0.2, 0) is 11.2 Å². The lowest BCUT2D eigenvalue weighted by Gasteiger charge is -2.04. The van der Waals surface area contributed by atoms with Crippen molar-refractivity contribution in [1.82, 2.24) is 4.98 Å². The highest BCUT2D eigenvalue weighted by Gasteiger charge is 2.37. The number of alkyl halides is 3. The molecule has 17 heavy (non-hydrogen) atoms. The van der Waals surface area contributed by atoms with E-state index in [1.807, 2.05) is 0 Å². The van der Waals surface area contributed by atoms with E-state index in [2.05, 4.69) is 4.98 Å². The SMILES string of the molecule is Cc1nc2ccc(CC(=O)C(F)(F)F)cc2o1.